The maximum atomic E-state index is 12.3. The Morgan fingerprint density at radius 2 is 1.92 bits per heavy atom. The molecule has 1 aromatic carbocycles. The molecule has 2 aromatic heterocycles. The lowest BCUT2D eigenvalue weighted by molar-refractivity contribution is -0.115. The summed E-state index contributed by atoms with van der Waals surface area (Å²) in [5.41, 5.74) is 3.56. The molecule has 3 aromatic rings. The monoisotopic (exact) mass is 349 g/mol. The summed E-state index contributed by atoms with van der Waals surface area (Å²) < 4.78 is 0. The predicted molar refractivity (Wildman–Crippen MR) is 99.0 cm³/mol. The number of carbonyl (C=O) groups excluding carboxylic acids is 2. The van der Waals surface area contributed by atoms with Gasteiger partial charge < -0.3 is 10.6 Å². The van der Waals surface area contributed by atoms with Crippen LogP contribution in [0.1, 0.15) is 27.3 Å². The molecule has 3 rings (SSSR count). The molecule has 0 saturated heterocycles. The fourth-order valence-corrected chi connectivity index (χ4v) is 2.56. The molecule has 0 saturated carbocycles. The van der Waals surface area contributed by atoms with Crippen molar-refractivity contribution in [1.82, 2.24) is 15.2 Å². The number of amides is 2. The van der Waals surface area contributed by atoms with Crippen LogP contribution >= 0.6 is 0 Å². The van der Waals surface area contributed by atoms with Crippen LogP contribution in [0.25, 0.3) is 0 Å². The summed E-state index contributed by atoms with van der Waals surface area (Å²) in [6.45, 7) is 3.74. The third kappa shape index (κ3) is 4.13. The predicted octanol–water partition coefficient (Wildman–Crippen LogP) is 2.86. The summed E-state index contributed by atoms with van der Waals surface area (Å²) in [6.07, 6.45) is 1.82. The Bertz CT molecular complexity index is 915. The lowest BCUT2D eigenvalue weighted by Crippen LogP contribution is -2.17. The van der Waals surface area contributed by atoms with E-state index in [1.807, 2.05) is 13.8 Å². The number of rotatable bonds is 5. The summed E-state index contributed by atoms with van der Waals surface area (Å²) in [7, 11) is 0. The average molecular weight is 349 g/mol. The lowest BCUT2D eigenvalue weighted by atomic mass is 10.1. The largest absolute Gasteiger partial charge is 0.326 e. The van der Waals surface area contributed by atoms with E-state index in [2.05, 4.69) is 25.8 Å². The van der Waals surface area contributed by atoms with Crippen LogP contribution in [0, 0.1) is 13.8 Å². The molecular formula is C19H19N5O2. The Morgan fingerprint density at radius 1 is 1.08 bits per heavy atom. The van der Waals surface area contributed by atoms with Crippen molar-refractivity contribution in [1.29, 1.82) is 0 Å². The first kappa shape index (κ1) is 17.3. The molecule has 7 heteroatoms. The third-order valence-corrected chi connectivity index (χ3v) is 3.93. The molecule has 2 amide bonds. The molecule has 0 bridgehead atoms. The quantitative estimate of drug-likeness (QED) is 0.659. The number of aromatic amines is 1. The van der Waals surface area contributed by atoms with E-state index in [1.54, 1.807) is 48.7 Å². The van der Waals surface area contributed by atoms with E-state index in [0.29, 0.717) is 17.1 Å². The minimum absolute atomic E-state index is 0.167. The molecule has 26 heavy (non-hydrogen) atoms. The zero-order chi connectivity index (χ0) is 18.5. The van der Waals surface area contributed by atoms with Crippen molar-refractivity contribution in [3.05, 3.63) is 71.2 Å². The summed E-state index contributed by atoms with van der Waals surface area (Å²) in [5, 5.41) is 12.5. The van der Waals surface area contributed by atoms with E-state index in [0.717, 1.165) is 17.0 Å². The number of carbonyl (C=O) groups is 2. The molecule has 0 atom stereocenters. The van der Waals surface area contributed by atoms with Gasteiger partial charge in [-0.1, -0.05) is 12.1 Å². The maximum absolute atomic E-state index is 12.3. The normalized spacial score (nSPS) is 10.4. The smallest absolute Gasteiger partial charge is 0.256 e. The molecule has 0 fully saturated rings. The Hall–Kier alpha value is -3.48. The summed E-state index contributed by atoms with van der Waals surface area (Å²) in [4.78, 5) is 28.7. The zero-order valence-corrected chi connectivity index (χ0v) is 14.5. The van der Waals surface area contributed by atoms with Gasteiger partial charge in [-0.3, -0.25) is 14.7 Å². The van der Waals surface area contributed by atoms with Crippen molar-refractivity contribution in [3.8, 4) is 0 Å². The highest BCUT2D eigenvalue weighted by atomic mass is 16.2. The van der Waals surface area contributed by atoms with Crippen molar-refractivity contribution in [3.63, 3.8) is 0 Å². The van der Waals surface area contributed by atoms with Crippen LogP contribution in [0.2, 0.25) is 0 Å². The summed E-state index contributed by atoms with van der Waals surface area (Å²) >= 11 is 0. The third-order valence-electron chi connectivity index (χ3n) is 3.93. The fourth-order valence-electron chi connectivity index (χ4n) is 2.56. The Labute approximate surface area is 150 Å². The molecule has 0 radical (unpaired) electrons. The Kier molecular flexibility index (Phi) is 5.07. The number of hydrogen-bond donors (Lipinski definition) is 3. The van der Waals surface area contributed by atoms with Crippen molar-refractivity contribution in [2.45, 2.75) is 20.3 Å². The van der Waals surface area contributed by atoms with Crippen LogP contribution in [0.3, 0.4) is 0 Å². The number of aromatic nitrogens is 3. The van der Waals surface area contributed by atoms with Gasteiger partial charge in [0.25, 0.3) is 5.91 Å². The van der Waals surface area contributed by atoms with Gasteiger partial charge in [-0.15, -0.1) is 0 Å². The minimum atomic E-state index is -0.290. The second kappa shape index (κ2) is 7.60. The number of aryl methyl sites for hydroxylation is 2. The van der Waals surface area contributed by atoms with E-state index >= 15 is 0 Å². The molecule has 0 spiro atoms. The first-order valence-corrected chi connectivity index (χ1v) is 8.15. The summed E-state index contributed by atoms with van der Waals surface area (Å²) in [5.74, 6) is 0.0130. The number of nitrogens with one attached hydrogen (secondary N) is 3. The van der Waals surface area contributed by atoms with Gasteiger partial charge in [-0.25, -0.2) is 4.98 Å². The van der Waals surface area contributed by atoms with E-state index in [-0.39, 0.29) is 18.2 Å². The standard InChI is InChI=1S/C19H19N5O2/c1-12-16(13(2)24-23-12)11-18(25)21-15-7-5-6-14(10-15)19(26)22-17-8-3-4-9-20-17/h3-10H,11H2,1-2H3,(H,21,25)(H,23,24)(H,20,22,26). The van der Waals surface area contributed by atoms with Crippen LogP contribution in [0.4, 0.5) is 11.5 Å². The van der Waals surface area contributed by atoms with Crippen LogP contribution in [0.5, 0.6) is 0 Å². The number of hydrogen-bond acceptors (Lipinski definition) is 4. The van der Waals surface area contributed by atoms with Crippen LogP contribution < -0.4 is 10.6 Å². The SMILES string of the molecule is Cc1n[nH]c(C)c1CC(=O)Nc1cccc(C(=O)Nc2ccccn2)c1. The van der Waals surface area contributed by atoms with E-state index in [9.17, 15) is 9.59 Å². The van der Waals surface area contributed by atoms with Gasteiger partial charge in [0, 0.05) is 28.7 Å². The Morgan fingerprint density at radius 3 is 2.62 bits per heavy atom. The Balaban J connectivity index is 1.67. The highest BCUT2D eigenvalue weighted by molar-refractivity contribution is 6.05. The number of pyridine rings is 1. The minimum Gasteiger partial charge on any atom is -0.326 e. The van der Waals surface area contributed by atoms with E-state index in [4.69, 9.17) is 0 Å². The van der Waals surface area contributed by atoms with Gasteiger partial charge in [0.05, 0.1) is 12.1 Å². The van der Waals surface area contributed by atoms with Gasteiger partial charge in [0.2, 0.25) is 5.91 Å². The van der Waals surface area contributed by atoms with Crippen LogP contribution in [-0.2, 0) is 11.2 Å². The summed E-state index contributed by atoms with van der Waals surface area (Å²) in [6, 6.07) is 12.0. The lowest BCUT2D eigenvalue weighted by Gasteiger charge is -2.08. The van der Waals surface area contributed by atoms with Crippen molar-refractivity contribution < 1.29 is 9.59 Å². The molecule has 7 nitrogen and oxygen atoms in total. The molecular weight excluding hydrogens is 330 g/mol. The second-order valence-electron chi connectivity index (χ2n) is 5.89. The maximum Gasteiger partial charge on any atom is 0.256 e. The number of anilines is 2. The molecule has 0 aliphatic rings. The zero-order valence-electron chi connectivity index (χ0n) is 14.5. The van der Waals surface area contributed by atoms with E-state index in [1.165, 1.54) is 0 Å². The fraction of sp³-hybridized carbons (Fsp3) is 0.158. The first-order chi connectivity index (χ1) is 12.5. The van der Waals surface area contributed by atoms with E-state index < -0.39 is 0 Å². The van der Waals surface area contributed by atoms with Crippen LogP contribution in [-0.4, -0.2) is 27.0 Å². The van der Waals surface area contributed by atoms with Gasteiger partial charge in [-0.2, -0.15) is 5.10 Å². The first-order valence-electron chi connectivity index (χ1n) is 8.15. The average Bonchev–Trinajstić information content (AvgIpc) is 2.94. The number of H-pyrrole nitrogens is 1. The molecule has 0 aliphatic heterocycles. The molecule has 0 aliphatic carbocycles. The second-order valence-corrected chi connectivity index (χ2v) is 5.89. The van der Waals surface area contributed by atoms with Gasteiger partial charge in [0.15, 0.2) is 0 Å². The van der Waals surface area contributed by atoms with Crippen molar-refractivity contribution >= 4 is 23.3 Å². The topological polar surface area (TPSA) is 99.8 Å². The highest BCUT2D eigenvalue weighted by Gasteiger charge is 2.13. The molecule has 3 N–H and O–H groups in total. The van der Waals surface area contributed by atoms with Crippen molar-refractivity contribution in [2.75, 3.05) is 10.6 Å². The van der Waals surface area contributed by atoms with Gasteiger partial charge >= 0.3 is 0 Å². The number of benzene rings is 1. The van der Waals surface area contributed by atoms with Crippen molar-refractivity contribution in [2.24, 2.45) is 0 Å². The molecule has 0 unspecified atom stereocenters. The van der Waals surface area contributed by atoms with Gasteiger partial charge in [0.1, 0.15) is 5.82 Å². The molecule has 132 valence electrons. The molecule has 2 heterocycles. The number of nitrogens with zero attached hydrogens (tertiary/aromatic N) is 2. The van der Waals surface area contributed by atoms with Gasteiger partial charge in [-0.05, 0) is 44.2 Å². The highest BCUT2D eigenvalue weighted by Crippen LogP contribution is 2.15. The van der Waals surface area contributed by atoms with Crippen LogP contribution in [0.15, 0.2) is 48.7 Å².